The van der Waals surface area contributed by atoms with Gasteiger partial charge < -0.3 is 10.5 Å². The molecule has 0 bridgehead atoms. The molecule has 102 valence electrons. The standard InChI is InChI=1S/C11H16N6O2/c1-16-7-4-6(14-15-10(12)13)9(19-3)5-8(7)17(2)11(16)18/h5H,4H2,1-3H3,(H4,12,13,15)/b14-6-. The highest BCUT2D eigenvalue weighted by Gasteiger charge is 2.24. The van der Waals surface area contributed by atoms with Crippen molar-refractivity contribution in [1.82, 2.24) is 14.6 Å². The molecule has 1 aromatic heterocycles. The van der Waals surface area contributed by atoms with Crippen LogP contribution in [0.1, 0.15) is 11.4 Å². The number of hydrogen-bond acceptors (Lipinski definition) is 4. The molecule has 0 saturated carbocycles. The molecule has 0 unspecified atom stereocenters. The van der Waals surface area contributed by atoms with E-state index in [2.05, 4.69) is 10.5 Å². The molecule has 0 atom stereocenters. The highest BCUT2D eigenvalue weighted by molar-refractivity contribution is 6.05. The van der Waals surface area contributed by atoms with Gasteiger partial charge in [-0.1, -0.05) is 0 Å². The highest BCUT2D eigenvalue weighted by Crippen LogP contribution is 2.21. The van der Waals surface area contributed by atoms with Crippen LogP contribution in [0.15, 0.2) is 15.7 Å². The van der Waals surface area contributed by atoms with Crippen LogP contribution in [-0.4, -0.2) is 27.9 Å². The van der Waals surface area contributed by atoms with Crippen molar-refractivity contribution in [2.24, 2.45) is 24.9 Å². The molecule has 0 amide bonds. The van der Waals surface area contributed by atoms with Gasteiger partial charge in [-0.05, 0) is 0 Å². The molecule has 2 rings (SSSR count). The number of hydrazone groups is 1. The summed E-state index contributed by atoms with van der Waals surface area (Å²) in [5.41, 5.74) is 9.71. The van der Waals surface area contributed by atoms with Gasteiger partial charge >= 0.3 is 5.69 Å². The van der Waals surface area contributed by atoms with Gasteiger partial charge in [0.05, 0.1) is 18.5 Å². The largest absolute Gasteiger partial charge is 0.495 e. The van der Waals surface area contributed by atoms with Crippen molar-refractivity contribution in [2.45, 2.75) is 6.42 Å². The third kappa shape index (κ3) is 2.12. The smallest absolute Gasteiger partial charge is 0.328 e. The first-order valence-corrected chi connectivity index (χ1v) is 5.63. The summed E-state index contributed by atoms with van der Waals surface area (Å²) >= 11 is 0. The van der Waals surface area contributed by atoms with Crippen molar-refractivity contribution >= 4 is 17.7 Å². The lowest BCUT2D eigenvalue weighted by Gasteiger charge is -2.16. The SMILES string of the molecule is COC1=Cc2c(n(C)c(=O)n2C)C/C1=N/NC(=N)N. The van der Waals surface area contributed by atoms with Crippen LogP contribution < -0.4 is 16.8 Å². The molecule has 0 radical (unpaired) electrons. The molecule has 19 heavy (non-hydrogen) atoms. The van der Waals surface area contributed by atoms with Crippen molar-refractivity contribution in [3.63, 3.8) is 0 Å². The van der Waals surface area contributed by atoms with Crippen LogP contribution in [0.2, 0.25) is 0 Å². The van der Waals surface area contributed by atoms with E-state index in [4.69, 9.17) is 15.9 Å². The summed E-state index contributed by atoms with van der Waals surface area (Å²) in [5, 5.41) is 11.1. The molecule has 0 aliphatic heterocycles. The van der Waals surface area contributed by atoms with Gasteiger partial charge in [0.2, 0.25) is 5.96 Å². The monoisotopic (exact) mass is 264 g/mol. The lowest BCUT2D eigenvalue weighted by atomic mass is 10.0. The van der Waals surface area contributed by atoms with Gasteiger partial charge in [0.1, 0.15) is 11.5 Å². The van der Waals surface area contributed by atoms with Crippen LogP contribution in [0.3, 0.4) is 0 Å². The Morgan fingerprint density at radius 1 is 1.53 bits per heavy atom. The maximum absolute atomic E-state index is 11.9. The molecule has 0 saturated heterocycles. The van der Waals surface area contributed by atoms with Crippen molar-refractivity contribution < 1.29 is 4.74 Å². The molecule has 8 nitrogen and oxygen atoms in total. The Morgan fingerprint density at radius 2 is 2.21 bits per heavy atom. The minimum Gasteiger partial charge on any atom is -0.495 e. The summed E-state index contributed by atoms with van der Waals surface area (Å²) in [6.45, 7) is 0. The van der Waals surface area contributed by atoms with E-state index in [0.717, 1.165) is 11.4 Å². The van der Waals surface area contributed by atoms with E-state index in [-0.39, 0.29) is 11.6 Å². The zero-order valence-electron chi connectivity index (χ0n) is 11.0. The number of nitrogens with zero attached hydrogens (tertiary/aromatic N) is 3. The van der Waals surface area contributed by atoms with Gasteiger partial charge in [0.15, 0.2) is 0 Å². The van der Waals surface area contributed by atoms with Crippen molar-refractivity contribution in [3.05, 3.63) is 27.6 Å². The minimum atomic E-state index is -0.254. The third-order valence-corrected chi connectivity index (χ3v) is 3.05. The Balaban J connectivity index is 2.51. The van der Waals surface area contributed by atoms with Crippen LogP contribution in [0, 0.1) is 5.41 Å². The molecule has 1 heterocycles. The Morgan fingerprint density at radius 3 is 2.79 bits per heavy atom. The molecular weight excluding hydrogens is 248 g/mol. The summed E-state index contributed by atoms with van der Waals surface area (Å²) in [6.07, 6.45) is 2.18. The molecule has 0 fully saturated rings. The summed E-state index contributed by atoms with van der Waals surface area (Å²) < 4.78 is 8.38. The Labute approximate surface area is 109 Å². The highest BCUT2D eigenvalue weighted by atomic mass is 16.5. The number of rotatable bonds is 2. The summed E-state index contributed by atoms with van der Waals surface area (Å²) in [6, 6.07) is 0. The summed E-state index contributed by atoms with van der Waals surface area (Å²) in [5.74, 6) is 0.290. The number of ether oxygens (including phenoxy) is 1. The van der Waals surface area contributed by atoms with Gasteiger partial charge in [-0.3, -0.25) is 14.5 Å². The van der Waals surface area contributed by atoms with Gasteiger partial charge in [-0.2, -0.15) is 5.10 Å². The first-order chi connectivity index (χ1) is 8.95. The van der Waals surface area contributed by atoms with E-state index in [1.165, 1.54) is 7.11 Å². The fourth-order valence-electron chi connectivity index (χ4n) is 2.05. The van der Waals surface area contributed by atoms with Crippen molar-refractivity contribution in [3.8, 4) is 0 Å². The van der Waals surface area contributed by atoms with Crippen LogP contribution in [-0.2, 0) is 25.3 Å². The second kappa shape index (κ2) is 4.63. The lowest BCUT2D eigenvalue weighted by molar-refractivity contribution is 0.316. The zero-order chi connectivity index (χ0) is 14.2. The third-order valence-electron chi connectivity index (χ3n) is 3.05. The quantitative estimate of drug-likeness (QED) is 0.365. The molecule has 1 aliphatic rings. The molecular formula is C11H16N6O2. The van der Waals surface area contributed by atoms with E-state index in [9.17, 15) is 4.79 Å². The normalized spacial score (nSPS) is 15.9. The molecule has 1 aromatic rings. The summed E-state index contributed by atoms with van der Waals surface area (Å²) in [7, 11) is 4.95. The zero-order valence-corrected chi connectivity index (χ0v) is 11.0. The van der Waals surface area contributed by atoms with Crippen LogP contribution in [0.25, 0.3) is 6.08 Å². The number of fused-ring (bicyclic) bond motifs is 1. The van der Waals surface area contributed by atoms with Gasteiger partial charge in [-0.15, -0.1) is 0 Å². The Hall–Kier alpha value is -2.51. The summed E-state index contributed by atoms with van der Waals surface area (Å²) in [4.78, 5) is 11.9. The van der Waals surface area contributed by atoms with E-state index < -0.39 is 0 Å². The van der Waals surface area contributed by atoms with Crippen molar-refractivity contribution in [2.75, 3.05) is 7.11 Å². The number of allylic oxidation sites excluding steroid dienone is 1. The second-order valence-electron chi connectivity index (χ2n) is 4.21. The fourth-order valence-corrected chi connectivity index (χ4v) is 2.05. The van der Waals surface area contributed by atoms with E-state index >= 15 is 0 Å². The average molecular weight is 264 g/mol. The minimum absolute atomic E-state index is 0.0996. The van der Waals surface area contributed by atoms with Gasteiger partial charge in [0, 0.05) is 26.6 Å². The molecule has 1 aliphatic carbocycles. The lowest BCUT2D eigenvalue weighted by Crippen LogP contribution is -2.28. The van der Waals surface area contributed by atoms with E-state index in [0.29, 0.717) is 17.9 Å². The molecule has 4 N–H and O–H groups in total. The predicted octanol–water partition coefficient (Wildman–Crippen LogP) is -0.894. The number of nitrogens with two attached hydrogens (primary N) is 1. The van der Waals surface area contributed by atoms with Gasteiger partial charge in [-0.25, -0.2) is 10.2 Å². The number of guanidine groups is 1. The first-order valence-electron chi connectivity index (χ1n) is 5.63. The van der Waals surface area contributed by atoms with E-state index in [1.54, 1.807) is 29.3 Å². The topological polar surface area (TPSA) is 110 Å². The van der Waals surface area contributed by atoms with Gasteiger partial charge in [0.25, 0.3) is 0 Å². The first kappa shape index (κ1) is 12.9. The maximum atomic E-state index is 11.9. The molecule has 0 spiro atoms. The average Bonchev–Trinajstić information content (AvgIpc) is 2.60. The van der Waals surface area contributed by atoms with E-state index in [1.807, 2.05) is 0 Å². The molecule has 0 aromatic carbocycles. The number of imidazole rings is 1. The second-order valence-corrected chi connectivity index (χ2v) is 4.21. The van der Waals surface area contributed by atoms with Crippen LogP contribution in [0.5, 0.6) is 0 Å². The number of nitrogens with one attached hydrogen (secondary N) is 2. The fraction of sp³-hybridized carbons (Fsp3) is 0.364. The number of hydrogen-bond donors (Lipinski definition) is 3. The number of aromatic nitrogens is 2. The maximum Gasteiger partial charge on any atom is 0.328 e. The Bertz CT molecular complexity index is 649. The molecule has 8 heteroatoms. The van der Waals surface area contributed by atoms with Crippen LogP contribution in [0.4, 0.5) is 0 Å². The van der Waals surface area contributed by atoms with Crippen LogP contribution >= 0.6 is 0 Å². The Kier molecular flexibility index (Phi) is 3.16. The van der Waals surface area contributed by atoms with Crippen molar-refractivity contribution in [1.29, 1.82) is 5.41 Å². The number of methoxy groups -OCH3 is 1. The predicted molar refractivity (Wildman–Crippen MR) is 71.8 cm³/mol.